The molecule has 0 fully saturated rings. The average molecular weight is 320 g/mol. The molecule has 0 bridgehead atoms. The largest absolute Gasteiger partial charge is 0.393 e. The fourth-order valence-electron chi connectivity index (χ4n) is 2.05. The molecule has 7 heteroatoms. The summed E-state index contributed by atoms with van der Waals surface area (Å²) in [5, 5.41) is 17.2. The van der Waals surface area contributed by atoms with E-state index in [4.69, 9.17) is 0 Å². The molecule has 0 saturated heterocycles. The molecule has 0 aromatic carbocycles. The van der Waals surface area contributed by atoms with Crippen LogP contribution in [0.3, 0.4) is 0 Å². The van der Waals surface area contributed by atoms with Gasteiger partial charge in [0.25, 0.3) is 0 Å². The Morgan fingerprint density at radius 1 is 1.45 bits per heavy atom. The molecule has 2 rings (SSSR count). The number of hydrogen-bond donors (Lipinski definition) is 3. The molecule has 3 N–H and O–H groups in total. The molecule has 0 aliphatic heterocycles. The number of nitrogens with one attached hydrogen (secondary N) is 2. The van der Waals surface area contributed by atoms with Crippen LogP contribution in [-0.4, -0.2) is 33.8 Å². The van der Waals surface area contributed by atoms with Gasteiger partial charge in [0.2, 0.25) is 0 Å². The van der Waals surface area contributed by atoms with Crippen LogP contribution in [0.5, 0.6) is 0 Å². The van der Waals surface area contributed by atoms with Crippen LogP contribution in [0.1, 0.15) is 20.3 Å². The smallest absolute Gasteiger partial charge is 0.321 e. The first kappa shape index (κ1) is 16.4. The Bertz CT molecular complexity index is 601. The number of carbonyl (C=O) groups excluding carboxylic acids is 1. The number of amides is 2. The van der Waals surface area contributed by atoms with Gasteiger partial charge in [-0.1, -0.05) is 6.92 Å². The number of pyridine rings is 1. The Hall–Kier alpha value is -1.99. The number of aliphatic hydroxyl groups excluding tert-OH is 1. The first-order valence-electron chi connectivity index (χ1n) is 7.13. The normalized spacial score (nSPS) is 13.4. The van der Waals surface area contributed by atoms with Crippen molar-refractivity contribution >= 4 is 22.5 Å². The zero-order valence-corrected chi connectivity index (χ0v) is 13.4. The molecule has 6 nitrogen and oxygen atoms in total. The Balaban J connectivity index is 1.84. The second-order valence-corrected chi connectivity index (χ2v) is 6.16. The first-order chi connectivity index (χ1) is 10.5. The third-order valence-electron chi connectivity index (χ3n) is 3.04. The van der Waals surface area contributed by atoms with Gasteiger partial charge >= 0.3 is 6.03 Å². The summed E-state index contributed by atoms with van der Waals surface area (Å²) in [6.45, 7) is 4.24. The van der Waals surface area contributed by atoms with Gasteiger partial charge in [-0.2, -0.15) is 0 Å². The second-order valence-electron chi connectivity index (χ2n) is 5.30. The van der Waals surface area contributed by atoms with E-state index < -0.39 is 0 Å². The van der Waals surface area contributed by atoms with Gasteiger partial charge < -0.3 is 10.4 Å². The van der Waals surface area contributed by atoms with Crippen molar-refractivity contribution in [3.05, 3.63) is 29.9 Å². The third-order valence-corrected chi connectivity index (χ3v) is 3.79. The summed E-state index contributed by atoms with van der Waals surface area (Å²) >= 11 is 1.37. The summed E-state index contributed by atoms with van der Waals surface area (Å²) in [6, 6.07) is 3.48. The van der Waals surface area contributed by atoms with Crippen molar-refractivity contribution in [2.75, 3.05) is 11.9 Å². The van der Waals surface area contributed by atoms with E-state index in [0.717, 1.165) is 11.3 Å². The quantitative estimate of drug-likeness (QED) is 0.764. The highest BCUT2D eigenvalue weighted by Gasteiger charge is 2.10. The lowest BCUT2D eigenvalue weighted by Gasteiger charge is -2.14. The van der Waals surface area contributed by atoms with Crippen molar-refractivity contribution in [2.24, 2.45) is 5.92 Å². The average Bonchev–Trinajstić information content (AvgIpc) is 2.94. The number of anilines is 1. The summed E-state index contributed by atoms with van der Waals surface area (Å²) in [5.41, 5.74) is 1.70. The maximum Gasteiger partial charge on any atom is 0.321 e. The summed E-state index contributed by atoms with van der Waals surface area (Å²) < 4.78 is 0. The molecule has 0 aliphatic carbocycles. The SMILES string of the molecule is CC(O)CC(C)CNC(=O)Nc1nc(-c2cccnc2)cs1. The molecule has 0 saturated carbocycles. The molecule has 0 radical (unpaired) electrons. The van der Waals surface area contributed by atoms with E-state index in [2.05, 4.69) is 20.6 Å². The number of aliphatic hydroxyl groups is 1. The lowest BCUT2D eigenvalue weighted by molar-refractivity contribution is 0.163. The van der Waals surface area contributed by atoms with Crippen LogP contribution in [0, 0.1) is 5.92 Å². The second kappa shape index (κ2) is 7.86. The molecule has 2 aromatic rings. The third kappa shape index (κ3) is 5.09. The van der Waals surface area contributed by atoms with Crippen LogP contribution in [0.4, 0.5) is 9.93 Å². The number of nitrogens with zero attached hydrogens (tertiary/aromatic N) is 2. The van der Waals surface area contributed by atoms with E-state index in [1.807, 2.05) is 24.4 Å². The Kier molecular flexibility index (Phi) is 5.85. The molecular weight excluding hydrogens is 300 g/mol. The van der Waals surface area contributed by atoms with Crippen LogP contribution >= 0.6 is 11.3 Å². The van der Waals surface area contributed by atoms with Gasteiger partial charge in [-0.15, -0.1) is 11.3 Å². The van der Waals surface area contributed by atoms with Crippen LogP contribution < -0.4 is 10.6 Å². The number of urea groups is 1. The fourth-order valence-corrected chi connectivity index (χ4v) is 2.77. The Labute approximate surface area is 133 Å². The van der Waals surface area contributed by atoms with Crippen molar-refractivity contribution in [3.63, 3.8) is 0 Å². The lowest BCUT2D eigenvalue weighted by atomic mass is 10.1. The molecule has 2 heterocycles. The topological polar surface area (TPSA) is 87.1 Å². The number of rotatable bonds is 6. The molecule has 2 amide bonds. The zero-order chi connectivity index (χ0) is 15.9. The van der Waals surface area contributed by atoms with Gasteiger partial charge in [-0.05, 0) is 31.4 Å². The minimum Gasteiger partial charge on any atom is -0.393 e. The highest BCUT2D eigenvalue weighted by Crippen LogP contribution is 2.23. The Morgan fingerprint density at radius 2 is 2.27 bits per heavy atom. The van der Waals surface area contributed by atoms with E-state index in [9.17, 15) is 9.90 Å². The highest BCUT2D eigenvalue weighted by atomic mass is 32.1. The molecule has 2 atom stereocenters. The van der Waals surface area contributed by atoms with Crippen LogP contribution in [0.2, 0.25) is 0 Å². The molecule has 118 valence electrons. The van der Waals surface area contributed by atoms with Crippen molar-refractivity contribution in [2.45, 2.75) is 26.4 Å². The van der Waals surface area contributed by atoms with Gasteiger partial charge in [0.05, 0.1) is 11.8 Å². The number of hydrogen-bond acceptors (Lipinski definition) is 5. The van der Waals surface area contributed by atoms with Crippen molar-refractivity contribution < 1.29 is 9.90 Å². The van der Waals surface area contributed by atoms with Crippen LogP contribution in [0.15, 0.2) is 29.9 Å². The van der Waals surface area contributed by atoms with Gasteiger partial charge in [0.1, 0.15) is 0 Å². The number of aromatic nitrogens is 2. The fraction of sp³-hybridized carbons (Fsp3) is 0.400. The number of thiazole rings is 1. The molecule has 0 aliphatic rings. The molecular formula is C15H20N4O2S. The molecule has 0 spiro atoms. The van der Waals surface area contributed by atoms with E-state index >= 15 is 0 Å². The lowest BCUT2D eigenvalue weighted by Crippen LogP contribution is -2.33. The maximum atomic E-state index is 11.8. The number of carbonyl (C=O) groups is 1. The van der Waals surface area contributed by atoms with Crippen LogP contribution in [0.25, 0.3) is 11.3 Å². The summed E-state index contributed by atoms with van der Waals surface area (Å²) in [4.78, 5) is 20.2. The van der Waals surface area contributed by atoms with Gasteiger partial charge in [-0.25, -0.2) is 9.78 Å². The van der Waals surface area contributed by atoms with Gasteiger partial charge in [0.15, 0.2) is 5.13 Å². The summed E-state index contributed by atoms with van der Waals surface area (Å²) in [6.07, 6.45) is 3.73. The van der Waals surface area contributed by atoms with E-state index in [1.165, 1.54) is 11.3 Å². The van der Waals surface area contributed by atoms with E-state index in [1.54, 1.807) is 19.3 Å². The zero-order valence-electron chi connectivity index (χ0n) is 12.6. The van der Waals surface area contributed by atoms with Crippen LogP contribution in [-0.2, 0) is 0 Å². The van der Waals surface area contributed by atoms with E-state index in [0.29, 0.717) is 18.1 Å². The predicted octanol–water partition coefficient (Wildman–Crippen LogP) is 2.73. The molecule has 22 heavy (non-hydrogen) atoms. The summed E-state index contributed by atoms with van der Waals surface area (Å²) in [7, 11) is 0. The maximum absolute atomic E-state index is 11.8. The highest BCUT2D eigenvalue weighted by molar-refractivity contribution is 7.14. The summed E-state index contributed by atoms with van der Waals surface area (Å²) in [5.74, 6) is 0.216. The predicted molar refractivity (Wildman–Crippen MR) is 87.8 cm³/mol. The van der Waals surface area contributed by atoms with Crippen molar-refractivity contribution in [1.82, 2.24) is 15.3 Å². The molecule has 2 unspecified atom stereocenters. The minimum atomic E-state index is -0.360. The Morgan fingerprint density at radius 3 is 2.95 bits per heavy atom. The first-order valence-corrected chi connectivity index (χ1v) is 8.01. The van der Waals surface area contributed by atoms with Crippen molar-refractivity contribution in [1.29, 1.82) is 0 Å². The van der Waals surface area contributed by atoms with Gasteiger partial charge in [0, 0.05) is 29.9 Å². The van der Waals surface area contributed by atoms with Gasteiger partial charge in [-0.3, -0.25) is 10.3 Å². The van der Waals surface area contributed by atoms with E-state index in [-0.39, 0.29) is 18.1 Å². The monoisotopic (exact) mass is 320 g/mol. The molecule has 2 aromatic heterocycles. The standard InChI is InChI=1S/C15H20N4O2S/c1-10(6-11(2)20)7-17-14(21)19-15-18-13(9-22-15)12-4-3-5-16-8-12/h3-5,8-11,20H,6-7H2,1-2H3,(H2,17,18,19,21). The van der Waals surface area contributed by atoms with Crippen molar-refractivity contribution in [3.8, 4) is 11.3 Å². The minimum absolute atomic E-state index is 0.216.